The van der Waals surface area contributed by atoms with E-state index < -0.39 is 0 Å². The third kappa shape index (κ3) is 1.53. The van der Waals surface area contributed by atoms with Crippen molar-refractivity contribution in [2.24, 2.45) is 0 Å². The maximum atomic E-state index is 12.1. The first kappa shape index (κ1) is 10.8. The van der Waals surface area contributed by atoms with Crippen molar-refractivity contribution in [2.45, 2.75) is 6.10 Å². The van der Waals surface area contributed by atoms with E-state index in [4.69, 9.17) is 9.47 Å². The van der Waals surface area contributed by atoms with Crippen LogP contribution in [0.15, 0.2) is 30.3 Å². The summed E-state index contributed by atoms with van der Waals surface area (Å²) in [6.07, 6.45) is 0.229. The van der Waals surface area contributed by atoms with E-state index in [1.165, 1.54) is 0 Å². The first-order valence-electron chi connectivity index (χ1n) is 6.34. The van der Waals surface area contributed by atoms with Gasteiger partial charge in [0.25, 0.3) is 5.91 Å². The van der Waals surface area contributed by atoms with Gasteiger partial charge in [-0.05, 0) is 18.2 Å². The second-order valence-electron chi connectivity index (χ2n) is 4.94. The van der Waals surface area contributed by atoms with Gasteiger partial charge in [0.15, 0.2) is 0 Å². The monoisotopic (exact) mass is 255 g/mol. The van der Waals surface area contributed by atoms with Crippen molar-refractivity contribution in [1.29, 1.82) is 0 Å². The third-order valence-corrected chi connectivity index (χ3v) is 3.70. The number of epoxide rings is 1. The lowest BCUT2D eigenvalue weighted by Gasteiger charge is -2.12. The molecule has 0 spiro atoms. The number of amides is 1. The fraction of sp³-hybridized carbons (Fsp3) is 0.267. The molecule has 2 aromatic rings. The molecule has 1 saturated heterocycles. The molecule has 1 atom stereocenters. The van der Waals surface area contributed by atoms with Gasteiger partial charge in [0.1, 0.15) is 18.5 Å². The summed E-state index contributed by atoms with van der Waals surface area (Å²) in [5, 5.41) is 1.98. The topological polar surface area (TPSA) is 42.1 Å². The van der Waals surface area contributed by atoms with Gasteiger partial charge < -0.3 is 14.4 Å². The Balaban J connectivity index is 1.86. The van der Waals surface area contributed by atoms with Crippen LogP contribution >= 0.6 is 0 Å². The lowest BCUT2D eigenvalue weighted by molar-refractivity contribution is 0.0999. The molecule has 96 valence electrons. The van der Waals surface area contributed by atoms with E-state index in [9.17, 15) is 4.79 Å². The van der Waals surface area contributed by atoms with E-state index >= 15 is 0 Å². The van der Waals surface area contributed by atoms with E-state index in [-0.39, 0.29) is 12.0 Å². The predicted molar refractivity (Wildman–Crippen MR) is 71.9 cm³/mol. The van der Waals surface area contributed by atoms with Crippen LogP contribution in [0.2, 0.25) is 0 Å². The average molecular weight is 255 g/mol. The highest BCUT2D eigenvalue weighted by Crippen LogP contribution is 2.40. The van der Waals surface area contributed by atoms with Crippen LogP contribution in [0.1, 0.15) is 10.4 Å². The number of anilines is 1. The summed E-state index contributed by atoms with van der Waals surface area (Å²) in [4.78, 5) is 13.8. The van der Waals surface area contributed by atoms with Crippen molar-refractivity contribution in [1.82, 2.24) is 0 Å². The smallest absolute Gasteiger partial charge is 0.258 e. The standard InChI is InChI=1S/C15H13NO3/c1-16-12-5-6-13(19-8-9-7-18-9)10-3-2-4-11(14(10)12)15(16)17/h2-6,9H,7-8H2,1H3. The van der Waals surface area contributed by atoms with Crippen molar-refractivity contribution in [2.75, 3.05) is 25.2 Å². The van der Waals surface area contributed by atoms with Crippen LogP contribution in [-0.4, -0.2) is 32.3 Å². The number of ether oxygens (including phenoxy) is 2. The van der Waals surface area contributed by atoms with Gasteiger partial charge >= 0.3 is 0 Å². The minimum atomic E-state index is 0.0447. The summed E-state index contributed by atoms with van der Waals surface area (Å²) in [5.74, 6) is 0.863. The Bertz CT molecular complexity index is 691. The van der Waals surface area contributed by atoms with Gasteiger partial charge in [-0.1, -0.05) is 12.1 Å². The molecule has 0 aliphatic carbocycles. The Labute approximate surface area is 110 Å². The Hall–Kier alpha value is -2.07. The first-order valence-corrected chi connectivity index (χ1v) is 6.34. The van der Waals surface area contributed by atoms with E-state index in [0.29, 0.717) is 6.61 Å². The van der Waals surface area contributed by atoms with E-state index in [2.05, 4.69) is 0 Å². The van der Waals surface area contributed by atoms with Gasteiger partial charge in [0.05, 0.1) is 12.3 Å². The molecule has 2 aliphatic heterocycles. The summed E-state index contributed by atoms with van der Waals surface area (Å²) in [5.41, 5.74) is 1.70. The highest BCUT2D eigenvalue weighted by atomic mass is 16.6. The third-order valence-electron chi connectivity index (χ3n) is 3.70. The summed E-state index contributed by atoms with van der Waals surface area (Å²) >= 11 is 0. The Kier molecular flexibility index (Phi) is 2.11. The molecule has 4 rings (SSSR count). The zero-order valence-corrected chi connectivity index (χ0v) is 10.6. The predicted octanol–water partition coefficient (Wildman–Crippen LogP) is 2.21. The molecule has 0 N–H and O–H groups in total. The molecule has 2 aromatic carbocycles. The largest absolute Gasteiger partial charge is 0.490 e. The van der Waals surface area contributed by atoms with Crippen LogP contribution in [-0.2, 0) is 4.74 Å². The summed E-state index contributed by atoms with van der Waals surface area (Å²) in [7, 11) is 1.80. The second-order valence-corrected chi connectivity index (χ2v) is 4.94. The number of hydrogen-bond donors (Lipinski definition) is 0. The number of rotatable bonds is 3. The maximum absolute atomic E-state index is 12.1. The first-order chi connectivity index (χ1) is 9.25. The van der Waals surface area contributed by atoms with Crippen molar-refractivity contribution in [3.05, 3.63) is 35.9 Å². The molecule has 0 aromatic heterocycles. The highest BCUT2D eigenvalue weighted by Gasteiger charge is 2.28. The van der Waals surface area contributed by atoms with Crippen LogP contribution in [0.25, 0.3) is 10.8 Å². The Morgan fingerprint density at radius 2 is 2.21 bits per heavy atom. The SMILES string of the molecule is CN1C(=O)c2cccc3c(OCC4CO4)ccc1c23. The molecule has 1 amide bonds. The van der Waals surface area contributed by atoms with Crippen LogP contribution in [0.4, 0.5) is 5.69 Å². The normalized spacial score (nSPS) is 20.2. The molecule has 2 aliphatic rings. The van der Waals surface area contributed by atoms with Crippen molar-refractivity contribution in [3.63, 3.8) is 0 Å². The number of carbonyl (C=O) groups is 1. The van der Waals surface area contributed by atoms with Crippen LogP contribution in [0, 0.1) is 0 Å². The molecule has 4 heteroatoms. The minimum Gasteiger partial charge on any atom is -0.490 e. The molecule has 1 unspecified atom stereocenters. The summed E-state index contributed by atoms with van der Waals surface area (Å²) in [6, 6.07) is 9.64. The molecule has 4 nitrogen and oxygen atoms in total. The van der Waals surface area contributed by atoms with Gasteiger partial charge in [-0.3, -0.25) is 4.79 Å². The highest BCUT2D eigenvalue weighted by molar-refractivity contribution is 6.25. The fourth-order valence-corrected chi connectivity index (χ4v) is 2.58. The summed E-state index contributed by atoms with van der Waals surface area (Å²) < 4.78 is 10.9. The van der Waals surface area contributed by atoms with Crippen molar-refractivity contribution >= 4 is 22.4 Å². The molecule has 0 saturated carbocycles. The quantitative estimate of drug-likeness (QED) is 0.790. The van der Waals surface area contributed by atoms with E-state index in [0.717, 1.165) is 34.4 Å². The van der Waals surface area contributed by atoms with Gasteiger partial charge in [-0.2, -0.15) is 0 Å². The van der Waals surface area contributed by atoms with Gasteiger partial charge in [0, 0.05) is 23.4 Å². The van der Waals surface area contributed by atoms with Crippen LogP contribution in [0.5, 0.6) is 5.75 Å². The second kappa shape index (κ2) is 3.71. The molecule has 0 radical (unpaired) electrons. The fourth-order valence-electron chi connectivity index (χ4n) is 2.58. The van der Waals surface area contributed by atoms with Crippen LogP contribution in [0.3, 0.4) is 0 Å². The molecule has 19 heavy (non-hydrogen) atoms. The molecule has 2 heterocycles. The maximum Gasteiger partial charge on any atom is 0.258 e. The minimum absolute atomic E-state index is 0.0447. The molecular formula is C15H13NO3. The van der Waals surface area contributed by atoms with E-state index in [1.807, 2.05) is 30.3 Å². The number of benzene rings is 2. The average Bonchev–Trinajstić information content (AvgIpc) is 3.23. The Morgan fingerprint density at radius 3 is 3.00 bits per heavy atom. The number of carbonyl (C=O) groups excluding carboxylic acids is 1. The van der Waals surface area contributed by atoms with Crippen molar-refractivity contribution < 1.29 is 14.3 Å². The lowest BCUT2D eigenvalue weighted by atomic mass is 10.0. The van der Waals surface area contributed by atoms with E-state index in [1.54, 1.807) is 11.9 Å². The van der Waals surface area contributed by atoms with Gasteiger partial charge in [0.2, 0.25) is 0 Å². The lowest BCUT2D eigenvalue weighted by Crippen LogP contribution is -2.20. The number of nitrogens with zero attached hydrogens (tertiary/aromatic N) is 1. The molecular weight excluding hydrogens is 242 g/mol. The van der Waals surface area contributed by atoms with Gasteiger partial charge in [-0.15, -0.1) is 0 Å². The molecule has 1 fully saturated rings. The summed E-state index contributed by atoms with van der Waals surface area (Å²) in [6.45, 7) is 1.35. The Morgan fingerprint density at radius 1 is 1.37 bits per heavy atom. The molecule has 0 bridgehead atoms. The van der Waals surface area contributed by atoms with Gasteiger partial charge in [-0.25, -0.2) is 0 Å². The zero-order chi connectivity index (χ0) is 13.0. The van der Waals surface area contributed by atoms with Crippen LogP contribution < -0.4 is 9.64 Å². The zero-order valence-electron chi connectivity index (χ0n) is 10.6. The van der Waals surface area contributed by atoms with Crippen molar-refractivity contribution in [3.8, 4) is 5.75 Å². The number of hydrogen-bond acceptors (Lipinski definition) is 3.